The Balaban J connectivity index is 1.95. The summed E-state index contributed by atoms with van der Waals surface area (Å²) in [5, 5.41) is 4.21. The summed E-state index contributed by atoms with van der Waals surface area (Å²) >= 11 is 0. The Kier molecular flexibility index (Phi) is 4.38. The van der Waals surface area contributed by atoms with Crippen molar-refractivity contribution >= 4 is 17.9 Å². The minimum absolute atomic E-state index is 0.620. The van der Waals surface area contributed by atoms with Gasteiger partial charge in [-0.1, -0.05) is 59.8 Å². The molecule has 110 valence electrons. The summed E-state index contributed by atoms with van der Waals surface area (Å²) in [5.74, 6) is 0.620. The molecule has 0 radical (unpaired) electrons. The zero-order valence-electron chi connectivity index (χ0n) is 11.9. The van der Waals surface area contributed by atoms with Gasteiger partial charge in [-0.2, -0.15) is 0 Å². The van der Waals surface area contributed by atoms with Crippen LogP contribution in [0.1, 0.15) is 0 Å². The van der Waals surface area contributed by atoms with Gasteiger partial charge in [0, 0.05) is 10.6 Å². The van der Waals surface area contributed by atoms with Crippen molar-refractivity contribution in [3.8, 4) is 5.75 Å². The predicted molar refractivity (Wildman–Crippen MR) is 90.0 cm³/mol. The van der Waals surface area contributed by atoms with E-state index in [0.29, 0.717) is 16.4 Å². The molecule has 0 spiro atoms. The molecular weight excluding hydrogens is 293 g/mol. The minimum Gasteiger partial charge on any atom is -0.402 e. The maximum absolute atomic E-state index is 13.6. The average molecular weight is 309 g/mol. The normalized spacial score (nSPS) is 11.1. The van der Waals surface area contributed by atoms with Crippen molar-refractivity contribution < 1.29 is 9.40 Å². The molecule has 3 aromatic rings. The zero-order chi connectivity index (χ0) is 15.3. The first-order chi connectivity index (χ1) is 10.8. The van der Waals surface area contributed by atoms with Gasteiger partial charge in [-0.3, -0.25) is 4.57 Å². The lowest BCUT2D eigenvalue weighted by molar-refractivity contribution is 0.271. The third-order valence-electron chi connectivity index (χ3n) is 3.27. The first-order valence-electron chi connectivity index (χ1n) is 6.99. The van der Waals surface area contributed by atoms with Crippen LogP contribution >= 0.6 is 7.29 Å². The first-order valence-corrected chi connectivity index (χ1v) is 8.70. The van der Waals surface area contributed by atoms with Gasteiger partial charge in [-0.05, 0) is 36.4 Å². The highest BCUT2D eigenvalue weighted by atomic mass is 31.2. The fraction of sp³-hybridized carbons (Fsp3) is 0. The van der Waals surface area contributed by atoms with E-state index in [4.69, 9.17) is 4.84 Å². The van der Waals surface area contributed by atoms with E-state index in [1.807, 2.05) is 91.0 Å². The van der Waals surface area contributed by atoms with Crippen molar-refractivity contribution in [3.05, 3.63) is 91.0 Å². The molecule has 0 aliphatic heterocycles. The van der Waals surface area contributed by atoms with Crippen LogP contribution in [0.2, 0.25) is 0 Å². The lowest BCUT2D eigenvalue weighted by Gasteiger charge is -2.20. The third kappa shape index (κ3) is 3.11. The van der Waals surface area contributed by atoms with E-state index in [9.17, 15) is 4.57 Å². The number of rotatable bonds is 5. The molecule has 0 fully saturated rings. The van der Waals surface area contributed by atoms with Gasteiger partial charge in [0.25, 0.3) is 0 Å². The Hall–Kier alpha value is -2.35. The molecule has 0 heterocycles. The molecule has 3 nitrogen and oxygen atoms in total. The van der Waals surface area contributed by atoms with Crippen LogP contribution in [0.25, 0.3) is 0 Å². The van der Waals surface area contributed by atoms with E-state index < -0.39 is 7.29 Å². The Labute approximate surface area is 130 Å². The summed E-state index contributed by atoms with van der Waals surface area (Å²) in [5.41, 5.74) is 0. The van der Waals surface area contributed by atoms with Gasteiger partial charge < -0.3 is 4.84 Å². The van der Waals surface area contributed by atoms with Gasteiger partial charge >= 0.3 is 0 Å². The molecule has 0 saturated heterocycles. The maximum Gasteiger partial charge on any atom is 0.235 e. The zero-order valence-corrected chi connectivity index (χ0v) is 12.8. The summed E-state index contributed by atoms with van der Waals surface area (Å²) in [7, 11) is -3.06. The second-order valence-electron chi connectivity index (χ2n) is 4.79. The van der Waals surface area contributed by atoms with Crippen molar-refractivity contribution in [3.63, 3.8) is 0 Å². The molecule has 22 heavy (non-hydrogen) atoms. The van der Waals surface area contributed by atoms with Crippen LogP contribution in [0, 0.1) is 0 Å². The van der Waals surface area contributed by atoms with Crippen molar-refractivity contribution in [2.45, 2.75) is 0 Å². The molecule has 0 bridgehead atoms. The van der Waals surface area contributed by atoms with Crippen molar-refractivity contribution in [1.29, 1.82) is 0 Å². The SMILES string of the molecule is O=P(NOc1ccccc1)(c1ccccc1)c1ccccc1. The fourth-order valence-corrected chi connectivity index (χ4v) is 4.06. The van der Waals surface area contributed by atoms with E-state index in [-0.39, 0.29) is 0 Å². The highest BCUT2D eigenvalue weighted by Crippen LogP contribution is 2.38. The van der Waals surface area contributed by atoms with Crippen molar-refractivity contribution in [2.75, 3.05) is 0 Å². The van der Waals surface area contributed by atoms with Crippen molar-refractivity contribution in [1.82, 2.24) is 5.25 Å². The smallest absolute Gasteiger partial charge is 0.235 e. The van der Waals surface area contributed by atoms with E-state index in [0.717, 1.165) is 0 Å². The molecule has 3 aromatic carbocycles. The number of nitrogens with one attached hydrogen (secondary N) is 1. The van der Waals surface area contributed by atoms with Gasteiger partial charge in [0.05, 0.1) is 0 Å². The van der Waals surface area contributed by atoms with Crippen LogP contribution in [0.4, 0.5) is 0 Å². The largest absolute Gasteiger partial charge is 0.402 e. The topological polar surface area (TPSA) is 38.3 Å². The molecule has 0 atom stereocenters. The lowest BCUT2D eigenvalue weighted by Crippen LogP contribution is -2.29. The van der Waals surface area contributed by atoms with Gasteiger partial charge in [-0.25, -0.2) is 0 Å². The number of hydrogen-bond donors (Lipinski definition) is 1. The molecule has 0 unspecified atom stereocenters. The molecule has 4 heteroatoms. The summed E-state index contributed by atoms with van der Waals surface area (Å²) in [6.45, 7) is 0. The third-order valence-corrected chi connectivity index (χ3v) is 5.67. The van der Waals surface area contributed by atoms with E-state index in [1.165, 1.54) is 0 Å². The van der Waals surface area contributed by atoms with Crippen LogP contribution in [-0.2, 0) is 4.57 Å². The van der Waals surface area contributed by atoms with Gasteiger partial charge in [-0.15, -0.1) is 0 Å². The molecule has 3 rings (SSSR count). The standard InChI is InChI=1S/C18H16NO2P/c20-22(17-12-6-2-7-13-17,18-14-8-3-9-15-18)19-21-16-10-4-1-5-11-16/h1-15H,(H,19,20). The number of benzene rings is 3. The quantitative estimate of drug-likeness (QED) is 0.579. The average Bonchev–Trinajstić information content (AvgIpc) is 2.62. The first kappa shape index (κ1) is 14.6. The Morgan fingerprint density at radius 3 is 1.50 bits per heavy atom. The Morgan fingerprint density at radius 1 is 0.636 bits per heavy atom. The van der Waals surface area contributed by atoms with Crippen LogP contribution in [0.5, 0.6) is 5.75 Å². The van der Waals surface area contributed by atoms with Crippen LogP contribution in [-0.4, -0.2) is 0 Å². The molecule has 0 amide bonds. The number of hydrogen-bond acceptors (Lipinski definition) is 2. The highest BCUT2D eigenvalue weighted by Gasteiger charge is 2.27. The monoisotopic (exact) mass is 309 g/mol. The Morgan fingerprint density at radius 2 is 1.05 bits per heavy atom. The summed E-state index contributed by atoms with van der Waals surface area (Å²) in [4.78, 5) is 5.57. The van der Waals surface area contributed by atoms with Crippen LogP contribution < -0.4 is 20.7 Å². The van der Waals surface area contributed by atoms with Crippen molar-refractivity contribution in [2.24, 2.45) is 0 Å². The predicted octanol–water partition coefficient (Wildman–Crippen LogP) is 3.50. The van der Waals surface area contributed by atoms with Gasteiger partial charge in [0.15, 0.2) is 0 Å². The summed E-state index contributed by atoms with van der Waals surface area (Å²) in [6, 6.07) is 27.9. The molecular formula is C18H16NO2P. The fourth-order valence-electron chi connectivity index (χ4n) is 2.14. The molecule has 0 aromatic heterocycles. The highest BCUT2D eigenvalue weighted by molar-refractivity contribution is 7.76. The van der Waals surface area contributed by atoms with Gasteiger partial charge in [0.2, 0.25) is 7.29 Å². The van der Waals surface area contributed by atoms with E-state index >= 15 is 0 Å². The van der Waals surface area contributed by atoms with Crippen LogP contribution in [0.15, 0.2) is 91.0 Å². The second-order valence-corrected chi connectivity index (χ2v) is 7.22. The maximum atomic E-state index is 13.6. The van der Waals surface area contributed by atoms with Gasteiger partial charge in [0.1, 0.15) is 5.75 Å². The Bertz CT molecular complexity index is 717. The second kappa shape index (κ2) is 6.61. The summed E-state index contributed by atoms with van der Waals surface area (Å²) < 4.78 is 13.6. The minimum atomic E-state index is -3.06. The molecule has 0 aliphatic rings. The lowest BCUT2D eigenvalue weighted by atomic mass is 10.3. The van der Waals surface area contributed by atoms with Crippen LogP contribution in [0.3, 0.4) is 0 Å². The molecule has 0 saturated carbocycles. The summed E-state index contributed by atoms with van der Waals surface area (Å²) in [6.07, 6.45) is 0. The van der Waals surface area contributed by atoms with E-state index in [2.05, 4.69) is 5.25 Å². The molecule has 1 N–H and O–H groups in total. The van der Waals surface area contributed by atoms with E-state index in [1.54, 1.807) is 0 Å². The number of para-hydroxylation sites is 1. The molecule has 0 aliphatic carbocycles.